The van der Waals surface area contributed by atoms with Gasteiger partial charge in [0.25, 0.3) is 0 Å². The van der Waals surface area contributed by atoms with E-state index in [1.165, 1.54) is 12.8 Å². The van der Waals surface area contributed by atoms with E-state index in [1.807, 2.05) is 25.3 Å². The first kappa shape index (κ1) is 24.2. The van der Waals surface area contributed by atoms with Gasteiger partial charge in [-0.05, 0) is 43.4 Å². The zero-order valence-electron chi connectivity index (χ0n) is 21.1. The maximum absolute atomic E-state index is 6.77. The molecule has 186 valence electrons. The van der Waals surface area contributed by atoms with Gasteiger partial charge in [-0.3, -0.25) is 15.0 Å². The molecule has 36 heavy (non-hydrogen) atoms. The van der Waals surface area contributed by atoms with Crippen LogP contribution in [0.1, 0.15) is 56.5 Å². The van der Waals surface area contributed by atoms with Crippen LogP contribution in [0, 0.1) is 24.7 Å². The van der Waals surface area contributed by atoms with Crippen LogP contribution in [0.5, 0.6) is 0 Å². The quantitative estimate of drug-likeness (QED) is 0.318. The van der Waals surface area contributed by atoms with Crippen molar-refractivity contribution < 1.29 is 0 Å². The molecule has 5 rings (SSSR count). The molecule has 0 saturated heterocycles. The SMILES string of the molecule is C#Cc1cnc2c(Cl)cc(N[C@H](C3=CN(C4CC4)NN3)c3cccnc3C)cc2c1NCC(C)(C)C. The van der Waals surface area contributed by atoms with E-state index >= 15 is 0 Å². The number of nitrogens with one attached hydrogen (secondary N) is 4. The Labute approximate surface area is 217 Å². The molecule has 0 bridgehead atoms. The van der Waals surface area contributed by atoms with Gasteiger partial charge in [-0.1, -0.05) is 44.4 Å². The minimum atomic E-state index is -0.168. The highest BCUT2D eigenvalue weighted by Gasteiger charge is 2.32. The summed E-state index contributed by atoms with van der Waals surface area (Å²) in [7, 11) is 0. The lowest BCUT2D eigenvalue weighted by molar-refractivity contribution is 0.260. The second kappa shape index (κ2) is 9.53. The summed E-state index contributed by atoms with van der Waals surface area (Å²) in [5.74, 6) is 2.77. The van der Waals surface area contributed by atoms with E-state index in [4.69, 9.17) is 18.0 Å². The van der Waals surface area contributed by atoms with Crippen molar-refractivity contribution in [1.82, 2.24) is 25.9 Å². The van der Waals surface area contributed by atoms with Crippen molar-refractivity contribution in [2.24, 2.45) is 5.41 Å². The number of pyridine rings is 2. The monoisotopic (exact) mass is 501 g/mol. The number of hydrazine groups is 2. The number of aromatic nitrogens is 2. The standard InChI is InChI=1S/C28H32ClN7/c1-6-18-14-31-26-22(25(18)32-16-28(3,4)5)12-19(13-23(26)29)33-27(21-8-7-11-30-17(21)2)24-15-36(35-34-24)20-9-10-20/h1,7-8,11-15,20,27,33-35H,9-10,16H2,2-5H3,(H,31,32)/t27-/m0/s1. The summed E-state index contributed by atoms with van der Waals surface area (Å²) < 4.78 is 0. The van der Waals surface area contributed by atoms with E-state index in [0.717, 1.165) is 40.3 Å². The molecule has 8 heteroatoms. The topological polar surface area (TPSA) is 77.1 Å². The first-order chi connectivity index (χ1) is 17.2. The lowest BCUT2D eigenvalue weighted by atomic mass is 9.96. The number of hydrogen-bond donors (Lipinski definition) is 4. The Balaban J connectivity index is 1.57. The van der Waals surface area contributed by atoms with Crippen molar-refractivity contribution in [3.8, 4) is 12.3 Å². The largest absolute Gasteiger partial charge is 0.383 e. The lowest BCUT2D eigenvalue weighted by Crippen LogP contribution is -2.38. The lowest BCUT2D eigenvalue weighted by Gasteiger charge is -2.24. The summed E-state index contributed by atoms with van der Waals surface area (Å²) in [5, 5.41) is 10.8. The van der Waals surface area contributed by atoms with E-state index in [0.29, 0.717) is 22.1 Å². The number of terminal acetylenes is 1. The van der Waals surface area contributed by atoms with Crippen molar-refractivity contribution >= 4 is 33.9 Å². The van der Waals surface area contributed by atoms with Crippen LogP contribution >= 0.6 is 11.6 Å². The molecule has 2 aliphatic rings. The van der Waals surface area contributed by atoms with Gasteiger partial charge >= 0.3 is 0 Å². The maximum atomic E-state index is 6.77. The average Bonchev–Trinajstić information content (AvgIpc) is 3.57. The van der Waals surface area contributed by atoms with Crippen molar-refractivity contribution in [3.63, 3.8) is 0 Å². The van der Waals surface area contributed by atoms with Crippen LogP contribution in [0.25, 0.3) is 10.9 Å². The van der Waals surface area contributed by atoms with Gasteiger partial charge in [0.05, 0.1) is 33.5 Å². The smallest absolute Gasteiger partial charge is 0.0961 e. The number of anilines is 2. The van der Waals surface area contributed by atoms with Gasteiger partial charge in [0, 0.05) is 53.5 Å². The molecule has 0 radical (unpaired) electrons. The van der Waals surface area contributed by atoms with E-state index < -0.39 is 0 Å². The average molecular weight is 502 g/mol. The van der Waals surface area contributed by atoms with Crippen molar-refractivity contribution in [1.29, 1.82) is 0 Å². The minimum absolute atomic E-state index is 0.0745. The van der Waals surface area contributed by atoms with Crippen LogP contribution in [0.3, 0.4) is 0 Å². The molecule has 1 aromatic carbocycles. The van der Waals surface area contributed by atoms with E-state index in [1.54, 1.807) is 6.20 Å². The molecular formula is C28H32ClN7. The van der Waals surface area contributed by atoms with Crippen LogP contribution in [0.15, 0.2) is 48.6 Å². The summed E-state index contributed by atoms with van der Waals surface area (Å²) in [6.07, 6.45) is 13.9. The molecule has 2 aromatic heterocycles. The van der Waals surface area contributed by atoms with Crippen molar-refractivity contribution in [2.75, 3.05) is 17.2 Å². The van der Waals surface area contributed by atoms with E-state index in [-0.39, 0.29) is 11.5 Å². The summed E-state index contributed by atoms with van der Waals surface area (Å²) in [5.41, 5.74) is 12.9. The highest BCUT2D eigenvalue weighted by molar-refractivity contribution is 6.35. The predicted octanol–water partition coefficient (Wildman–Crippen LogP) is 5.51. The van der Waals surface area contributed by atoms with Gasteiger partial charge in [-0.2, -0.15) is 0 Å². The zero-order valence-corrected chi connectivity index (χ0v) is 21.9. The number of aryl methyl sites for hydroxylation is 1. The second-order valence-electron chi connectivity index (χ2n) is 10.7. The fourth-order valence-corrected chi connectivity index (χ4v) is 4.60. The molecule has 1 aliphatic carbocycles. The van der Waals surface area contributed by atoms with Crippen LogP contribution in [-0.4, -0.2) is 27.6 Å². The van der Waals surface area contributed by atoms with Crippen LogP contribution < -0.4 is 21.6 Å². The Hall–Kier alpha value is -3.47. The van der Waals surface area contributed by atoms with E-state index in [9.17, 15) is 0 Å². The molecule has 1 saturated carbocycles. The fraction of sp³-hybridized carbons (Fsp3) is 0.357. The Morgan fingerprint density at radius 2 is 2.08 bits per heavy atom. The van der Waals surface area contributed by atoms with E-state index in [2.05, 4.69) is 81.6 Å². The summed E-state index contributed by atoms with van der Waals surface area (Å²) >= 11 is 6.77. The summed E-state index contributed by atoms with van der Waals surface area (Å²) in [6.45, 7) is 9.33. The number of nitrogens with zero attached hydrogens (tertiary/aromatic N) is 3. The Morgan fingerprint density at radius 1 is 1.28 bits per heavy atom. The number of halogens is 1. The molecular weight excluding hydrogens is 470 g/mol. The zero-order chi connectivity index (χ0) is 25.4. The first-order valence-corrected chi connectivity index (χ1v) is 12.6. The Kier molecular flexibility index (Phi) is 6.42. The molecule has 4 N–H and O–H groups in total. The third kappa shape index (κ3) is 5.06. The molecule has 0 amide bonds. The third-order valence-corrected chi connectivity index (χ3v) is 6.69. The first-order valence-electron chi connectivity index (χ1n) is 12.3. The highest BCUT2D eigenvalue weighted by atomic mass is 35.5. The van der Waals surface area contributed by atoms with Gasteiger partial charge in [0.1, 0.15) is 0 Å². The summed E-state index contributed by atoms with van der Waals surface area (Å²) in [6, 6.07) is 8.41. The number of rotatable bonds is 7. The highest BCUT2D eigenvalue weighted by Crippen LogP contribution is 2.37. The Bertz CT molecular complexity index is 1360. The fourth-order valence-electron chi connectivity index (χ4n) is 4.33. The third-order valence-electron chi connectivity index (χ3n) is 6.40. The Morgan fingerprint density at radius 3 is 2.78 bits per heavy atom. The molecule has 3 aromatic rings. The van der Waals surface area contributed by atoms with Crippen LogP contribution in [0.4, 0.5) is 11.4 Å². The van der Waals surface area contributed by atoms with Gasteiger partial charge < -0.3 is 16.1 Å². The maximum Gasteiger partial charge on any atom is 0.0961 e. The van der Waals surface area contributed by atoms with Crippen LogP contribution in [-0.2, 0) is 0 Å². The summed E-state index contributed by atoms with van der Waals surface area (Å²) in [4.78, 5) is 9.10. The normalized spacial score (nSPS) is 16.3. The second-order valence-corrected chi connectivity index (χ2v) is 11.1. The van der Waals surface area contributed by atoms with Gasteiger partial charge in [0.15, 0.2) is 0 Å². The number of hydrogen-bond acceptors (Lipinski definition) is 7. The number of fused-ring (bicyclic) bond motifs is 1. The van der Waals surface area contributed by atoms with Crippen LogP contribution in [0.2, 0.25) is 5.02 Å². The predicted molar refractivity (Wildman–Crippen MR) is 147 cm³/mol. The molecule has 7 nitrogen and oxygen atoms in total. The van der Waals surface area contributed by atoms with Gasteiger partial charge in [-0.15, -0.1) is 12.0 Å². The molecule has 1 atom stereocenters. The van der Waals surface area contributed by atoms with Gasteiger partial charge in [-0.25, -0.2) is 0 Å². The molecule has 1 aliphatic heterocycles. The molecule has 3 heterocycles. The molecule has 0 spiro atoms. The van der Waals surface area contributed by atoms with Gasteiger partial charge in [0.2, 0.25) is 0 Å². The minimum Gasteiger partial charge on any atom is -0.383 e. The molecule has 1 fully saturated rings. The number of benzene rings is 1. The van der Waals surface area contributed by atoms with Crippen molar-refractivity contribution in [2.45, 2.75) is 52.6 Å². The molecule has 0 unspecified atom stereocenters. The van der Waals surface area contributed by atoms with Crippen molar-refractivity contribution in [3.05, 3.63) is 70.4 Å².